The average Bonchev–Trinajstić information content (AvgIpc) is 3.27. The van der Waals surface area contributed by atoms with E-state index in [1.807, 2.05) is 0 Å². The van der Waals surface area contributed by atoms with E-state index in [-0.39, 0.29) is 0 Å². The molecule has 0 rings (SSSR count). The number of nitriles is 2. The Kier molecular flexibility index (Phi) is 18.6. The predicted octanol–water partition coefficient (Wildman–Crippen LogP) is 17.7. The van der Waals surface area contributed by atoms with Gasteiger partial charge >= 0.3 is 154 Å². The van der Waals surface area contributed by atoms with E-state index < -0.39 is 178 Å². The SMILES string of the molecule is N#CC(=C(C#N)C(F)(F)C(F)(F)C(F)(F)C(F)(F)C(F)(F)C(F)(F)C(F)(F)C(F)(F)C(F)(F)C(F)(F)C(F)(F)C(F)(F)C(F)(F)F)C(F)(F)C(F)(F)C(F)(F)C(F)(F)C(F)(F)C(F)(F)C(F)(F)C(F)(F)C(F)(F)C(F)(F)C(F)(F)C(F)(F)C(F)(F)F. The molecule has 0 unspecified atom stereocenters. The molecule has 2 nitrogen and oxygen atoms in total. The van der Waals surface area contributed by atoms with Crippen LogP contribution in [0.2, 0.25) is 0 Å². The first-order valence-electron chi connectivity index (χ1n) is 17.9. The third-order valence-corrected chi connectivity index (χ3v) is 10.5. The molecular weight excluding hydrogens is 1410 g/mol. The van der Waals surface area contributed by atoms with Gasteiger partial charge in [-0.15, -0.1) is 0 Å². The largest absolute Gasteiger partial charge is 0.460 e. The van der Waals surface area contributed by atoms with Crippen LogP contribution in [0.3, 0.4) is 0 Å². The Hall–Kier alpha value is -5.06. The van der Waals surface area contributed by atoms with E-state index in [1.54, 1.807) is 0 Å². The lowest BCUT2D eigenvalue weighted by Gasteiger charge is -2.46. The minimum absolute atomic E-state index is 1.82. The van der Waals surface area contributed by atoms with Crippen LogP contribution in [0.15, 0.2) is 11.1 Å². The number of nitrogens with zero attached hydrogens (tertiary/aromatic N) is 2. The van der Waals surface area contributed by atoms with Gasteiger partial charge in [0.2, 0.25) is 0 Å². The molecular formula is C30F54N2. The summed E-state index contributed by atoms with van der Waals surface area (Å²) in [5.74, 6) is -245. The molecule has 0 fully saturated rings. The third kappa shape index (κ3) is 8.99. The molecule has 86 heavy (non-hydrogen) atoms. The highest BCUT2D eigenvalue weighted by atomic mass is 19.5. The van der Waals surface area contributed by atoms with Crippen LogP contribution in [0.1, 0.15) is 0 Å². The molecule has 56 heteroatoms. The maximum atomic E-state index is 14.8. The molecule has 0 aliphatic carbocycles. The molecule has 0 aliphatic heterocycles. The third-order valence-electron chi connectivity index (χ3n) is 10.5. The zero-order valence-electron chi connectivity index (χ0n) is 36.3. The number of hydrogen-bond donors (Lipinski definition) is 0. The summed E-state index contributed by atoms with van der Waals surface area (Å²) >= 11 is 0. The minimum Gasteiger partial charge on any atom is -0.193 e. The highest BCUT2D eigenvalue weighted by molar-refractivity contribution is 5.49. The zero-order valence-corrected chi connectivity index (χ0v) is 36.3. The van der Waals surface area contributed by atoms with Crippen molar-refractivity contribution in [1.82, 2.24) is 0 Å². The predicted molar refractivity (Wildman–Crippen MR) is 149 cm³/mol. The summed E-state index contributed by atoms with van der Waals surface area (Å²) in [6, 6.07) is -3.65. The Balaban J connectivity index is 8.53. The number of hydrogen-bond acceptors (Lipinski definition) is 2. The molecule has 0 amide bonds. The van der Waals surface area contributed by atoms with Gasteiger partial charge in [0, 0.05) is 0 Å². The van der Waals surface area contributed by atoms with E-state index >= 15 is 0 Å². The monoisotopic (exact) mass is 1410 g/mol. The van der Waals surface area contributed by atoms with Crippen molar-refractivity contribution in [3.05, 3.63) is 11.1 Å². The fourth-order valence-corrected chi connectivity index (χ4v) is 5.18. The molecule has 0 radical (unpaired) electrons. The van der Waals surface area contributed by atoms with E-state index in [0.717, 1.165) is 0 Å². The van der Waals surface area contributed by atoms with Crippen molar-refractivity contribution in [3.8, 4) is 12.1 Å². The second-order valence-corrected chi connectivity index (χ2v) is 15.8. The molecule has 0 aliphatic rings. The van der Waals surface area contributed by atoms with Gasteiger partial charge in [-0.05, 0) is 0 Å². The smallest absolute Gasteiger partial charge is 0.193 e. The van der Waals surface area contributed by atoms with E-state index in [1.165, 1.54) is 0 Å². The maximum Gasteiger partial charge on any atom is 0.460 e. The lowest BCUT2D eigenvalue weighted by atomic mass is 9.81. The molecule has 0 saturated heterocycles. The van der Waals surface area contributed by atoms with Crippen molar-refractivity contribution in [2.75, 3.05) is 0 Å². The first-order chi connectivity index (χ1) is 36.1. The molecule has 0 aromatic heterocycles. The van der Waals surface area contributed by atoms with E-state index in [9.17, 15) is 237 Å². The van der Waals surface area contributed by atoms with Crippen LogP contribution >= 0.6 is 0 Å². The second-order valence-electron chi connectivity index (χ2n) is 15.8. The second kappa shape index (κ2) is 19.7. The summed E-state index contributed by atoms with van der Waals surface area (Å²) in [6.45, 7) is 0. The first kappa shape index (κ1) is 80.9. The molecule has 508 valence electrons. The fraction of sp³-hybridized carbons (Fsp3) is 0.867. The van der Waals surface area contributed by atoms with E-state index in [2.05, 4.69) is 0 Å². The van der Waals surface area contributed by atoms with Crippen LogP contribution in [0, 0.1) is 22.7 Å². The molecule has 0 N–H and O–H groups in total. The van der Waals surface area contributed by atoms with Crippen LogP contribution in [0.4, 0.5) is 237 Å². The van der Waals surface area contributed by atoms with Gasteiger partial charge in [-0.1, -0.05) is 0 Å². The normalized spacial score (nSPS) is 17.3. The van der Waals surface area contributed by atoms with Gasteiger partial charge in [0.1, 0.15) is 23.3 Å². The summed E-state index contributed by atoms with van der Waals surface area (Å²) in [5, 5.41) is 16.9. The summed E-state index contributed by atoms with van der Waals surface area (Å²) in [7, 11) is 0. The number of rotatable bonds is 24. The lowest BCUT2D eigenvalue weighted by molar-refractivity contribution is -0.484. The highest BCUT2D eigenvalue weighted by Gasteiger charge is 3.03. The van der Waals surface area contributed by atoms with E-state index in [0.29, 0.717) is 0 Å². The molecule has 0 spiro atoms. The fourth-order valence-electron chi connectivity index (χ4n) is 5.18. The molecule has 0 atom stereocenters. The Morgan fingerprint density at radius 2 is 0.221 bits per heavy atom. The van der Waals surface area contributed by atoms with Crippen molar-refractivity contribution in [2.24, 2.45) is 0 Å². The quantitative estimate of drug-likeness (QED) is 0.0714. The molecule has 0 bridgehead atoms. The number of alkyl halides is 54. The van der Waals surface area contributed by atoms with Gasteiger partial charge in [-0.3, -0.25) is 0 Å². The van der Waals surface area contributed by atoms with Gasteiger partial charge in [0.25, 0.3) is 0 Å². The lowest BCUT2D eigenvalue weighted by Crippen LogP contribution is -2.79. The van der Waals surface area contributed by atoms with Gasteiger partial charge < -0.3 is 0 Å². The zero-order chi connectivity index (χ0) is 71.6. The topological polar surface area (TPSA) is 47.6 Å². The van der Waals surface area contributed by atoms with Crippen LogP contribution in [-0.4, -0.2) is 154 Å². The Morgan fingerprint density at radius 1 is 0.140 bits per heavy atom. The maximum absolute atomic E-state index is 14.8. The van der Waals surface area contributed by atoms with Crippen molar-refractivity contribution < 1.29 is 237 Å². The highest BCUT2D eigenvalue weighted by Crippen LogP contribution is 2.72. The summed E-state index contributed by atoms with van der Waals surface area (Å²) in [5.41, 5.74) is -12.2. The van der Waals surface area contributed by atoms with Crippen molar-refractivity contribution in [1.29, 1.82) is 10.5 Å². The summed E-state index contributed by atoms with van der Waals surface area (Å²) in [4.78, 5) is 0. The van der Waals surface area contributed by atoms with Crippen LogP contribution < -0.4 is 0 Å². The number of halogens is 54. The van der Waals surface area contributed by atoms with Gasteiger partial charge in [-0.25, -0.2) is 0 Å². The van der Waals surface area contributed by atoms with Crippen LogP contribution in [0.5, 0.6) is 0 Å². The Morgan fingerprint density at radius 3 is 0.302 bits per heavy atom. The first-order valence-corrected chi connectivity index (χ1v) is 17.9. The molecule has 0 aromatic carbocycles. The van der Waals surface area contributed by atoms with Gasteiger partial charge in [0.15, 0.2) is 0 Å². The standard InChI is InChI=1S/C30F54N2/c31-5(32,7(35,36)9(39,40)11(43,44)13(47,48)15(51,52)17(55,56)19(59,60)21(63,64)23(67,68)25(71,72)27(75,76)29(79,80)81)3(1-85)4(2-86)6(33,34)8(37,38)10(41,42)12(45,46)14(49,50)16(53,54)18(57,58)20(61,62)22(65,66)24(69,70)26(73,74)28(77,78)30(82,83)84. The van der Waals surface area contributed by atoms with Crippen molar-refractivity contribution in [2.45, 2.75) is 154 Å². The van der Waals surface area contributed by atoms with Gasteiger partial charge in [0.05, 0.1) is 0 Å². The van der Waals surface area contributed by atoms with Crippen molar-refractivity contribution in [3.63, 3.8) is 0 Å². The molecule has 0 aromatic rings. The molecule has 0 heterocycles. The summed E-state index contributed by atoms with van der Waals surface area (Å²) in [6.07, 6.45) is -17.3. The van der Waals surface area contributed by atoms with E-state index in [4.69, 9.17) is 10.5 Å². The average molecular weight is 1410 g/mol. The van der Waals surface area contributed by atoms with Crippen LogP contribution in [-0.2, 0) is 0 Å². The minimum atomic E-state index is -10.7. The van der Waals surface area contributed by atoms with Crippen LogP contribution in [0.25, 0.3) is 0 Å². The Labute approximate surface area is 426 Å². The summed E-state index contributed by atoms with van der Waals surface area (Å²) < 4.78 is 746. The number of allylic oxidation sites excluding steroid dienone is 2. The van der Waals surface area contributed by atoms with Crippen molar-refractivity contribution >= 4 is 0 Å². The van der Waals surface area contributed by atoms with Gasteiger partial charge in [-0.2, -0.15) is 248 Å². The molecule has 0 saturated carbocycles. The Bertz CT molecular complexity index is 2450.